The number of nitrogens with zero attached hydrogens (tertiary/aromatic N) is 3. The van der Waals surface area contributed by atoms with Gasteiger partial charge in [0.2, 0.25) is 0 Å². The van der Waals surface area contributed by atoms with Gasteiger partial charge in [-0.3, -0.25) is 24.6 Å². The third-order valence-electron chi connectivity index (χ3n) is 9.22. The van der Waals surface area contributed by atoms with Crippen LogP contribution in [0.15, 0.2) is 72.3 Å². The van der Waals surface area contributed by atoms with Crippen molar-refractivity contribution in [3.8, 4) is 0 Å². The van der Waals surface area contributed by atoms with Gasteiger partial charge in [-0.25, -0.2) is 0 Å². The molecule has 0 unspecified atom stereocenters. The highest BCUT2D eigenvalue weighted by Gasteiger charge is 2.79. The molecule has 3 aromatic carbocycles. The van der Waals surface area contributed by atoms with Crippen molar-refractivity contribution >= 4 is 64.1 Å². The van der Waals surface area contributed by atoms with Gasteiger partial charge in [0.1, 0.15) is 5.54 Å². The molecule has 0 aromatic heterocycles. The second-order valence-electron chi connectivity index (χ2n) is 11.4. The Bertz CT molecular complexity index is 1720. The number of hydrogen-bond acceptors (Lipinski definition) is 7. The number of likely N-dealkylation sites (N-methyl/N-ethyl adjacent to an activating group) is 1. The van der Waals surface area contributed by atoms with Crippen LogP contribution in [0.2, 0.25) is 10.0 Å². The fourth-order valence-electron chi connectivity index (χ4n) is 7.82. The van der Waals surface area contributed by atoms with Gasteiger partial charge in [0.25, 0.3) is 11.6 Å². The van der Waals surface area contributed by atoms with Crippen LogP contribution >= 0.6 is 35.0 Å². The first kappa shape index (κ1) is 27.6. The summed E-state index contributed by atoms with van der Waals surface area (Å²) in [5.41, 5.74) is -0.0196. The smallest absolute Gasteiger partial charge is 0.269 e. The third-order valence-corrected chi connectivity index (χ3v) is 11.0. The molecule has 7 rings (SSSR count). The van der Waals surface area contributed by atoms with Gasteiger partial charge >= 0.3 is 0 Å². The fraction of sp³-hybridized carbons (Fsp3) is 0.290. The number of anilines is 1. The number of ketones is 1. The minimum atomic E-state index is -1.50. The normalized spacial score (nSPS) is 29.8. The zero-order chi connectivity index (χ0) is 29.4. The zero-order valence-electron chi connectivity index (χ0n) is 22.6. The number of rotatable bonds is 3. The van der Waals surface area contributed by atoms with Crippen LogP contribution in [0.5, 0.6) is 0 Å². The summed E-state index contributed by atoms with van der Waals surface area (Å²) in [6, 6.07) is 19.0. The van der Waals surface area contributed by atoms with Gasteiger partial charge < -0.3 is 10.2 Å². The van der Waals surface area contributed by atoms with E-state index in [0.29, 0.717) is 50.6 Å². The Kier molecular flexibility index (Phi) is 6.52. The minimum absolute atomic E-state index is 0.132. The molecule has 3 saturated heterocycles. The summed E-state index contributed by atoms with van der Waals surface area (Å²) in [6.45, 7) is 0.620. The summed E-state index contributed by atoms with van der Waals surface area (Å²) in [5, 5.41) is 16.0. The van der Waals surface area contributed by atoms with Crippen molar-refractivity contribution in [3.05, 3.63) is 109 Å². The summed E-state index contributed by atoms with van der Waals surface area (Å²) in [6.07, 6.45) is 1.82. The molecule has 0 saturated carbocycles. The van der Waals surface area contributed by atoms with E-state index in [1.54, 1.807) is 23.9 Å². The molecule has 0 radical (unpaired) electrons. The molecule has 3 aromatic rings. The lowest BCUT2D eigenvalue weighted by Gasteiger charge is -2.51. The number of benzene rings is 3. The molecule has 3 fully saturated rings. The van der Waals surface area contributed by atoms with E-state index < -0.39 is 21.8 Å². The van der Waals surface area contributed by atoms with Gasteiger partial charge in [0.15, 0.2) is 5.78 Å². The molecule has 0 aliphatic carbocycles. The zero-order valence-corrected chi connectivity index (χ0v) is 24.9. The summed E-state index contributed by atoms with van der Waals surface area (Å²) < 4.78 is 0. The van der Waals surface area contributed by atoms with Gasteiger partial charge in [0, 0.05) is 75.7 Å². The van der Waals surface area contributed by atoms with Crippen LogP contribution in [0.1, 0.15) is 22.6 Å². The molecule has 4 aliphatic rings. The Labute approximate surface area is 256 Å². The number of non-ortho nitro benzene ring substituents is 1. The van der Waals surface area contributed by atoms with Crippen LogP contribution in [0.25, 0.3) is 6.08 Å². The molecule has 1 amide bonds. The highest BCUT2D eigenvalue weighted by molar-refractivity contribution is 7.99. The van der Waals surface area contributed by atoms with E-state index in [1.807, 2.05) is 55.6 Å². The number of fused-ring (bicyclic) bond motifs is 5. The minimum Gasteiger partial charge on any atom is -0.324 e. The lowest BCUT2D eigenvalue weighted by atomic mass is 9.55. The number of carbonyl (C=O) groups excluding carboxylic acids is 2. The molecule has 2 spiro atoms. The second-order valence-corrected chi connectivity index (χ2v) is 13.2. The van der Waals surface area contributed by atoms with Crippen molar-refractivity contribution in [2.45, 2.75) is 17.5 Å². The molecule has 8 nitrogen and oxygen atoms in total. The SMILES string of the molecule is CN1C/C(=C\c2ccccc2Cl)C(=O)[C@]2(C1)[C@H](c1ccccc1Cl)[C@@H]1CSCN1[C@@]21C(=O)Nc2ccc([N+](=O)[O-])cc21. The quantitative estimate of drug-likeness (QED) is 0.224. The van der Waals surface area contributed by atoms with Crippen molar-refractivity contribution in [1.29, 1.82) is 0 Å². The number of hydrogen-bond donors (Lipinski definition) is 1. The Hall–Kier alpha value is -3.21. The molecular formula is C31H26Cl2N4O4S. The first-order valence-electron chi connectivity index (χ1n) is 13.6. The van der Waals surface area contributed by atoms with Gasteiger partial charge in [-0.05, 0) is 42.4 Å². The maximum absolute atomic E-state index is 15.3. The largest absolute Gasteiger partial charge is 0.324 e. The molecule has 4 atom stereocenters. The highest BCUT2D eigenvalue weighted by atomic mass is 35.5. The van der Waals surface area contributed by atoms with E-state index >= 15 is 4.79 Å². The van der Waals surface area contributed by atoms with Gasteiger partial charge in [-0.2, -0.15) is 0 Å². The van der Waals surface area contributed by atoms with Crippen LogP contribution in [0.4, 0.5) is 11.4 Å². The van der Waals surface area contributed by atoms with Gasteiger partial charge in [0.05, 0.1) is 10.3 Å². The van der Waals surface area contributed by atoms with E-state index in [4.69, 9.17) is 23.2 Å². The molecular weight excluding hydrogens is 595 g/mol. The first-order chi connectivity index (χ1) is 20.2. The Balaban J connectivity index is 1.57. The second kappa shape index (κ2) is 9.92. The standard InChI is InChI=1S/C31H26Cl2N4O4S/c1-35-14-19(12-18-6-2-4-8-23(18)32)28(38)30(16-35)27(21-7-3-5-9-24(21)33)26-15-42-17-36(26)31(30)22-13-20(37(40)41)10-11-25(22)34-29(31)39/h2-13,26-27H,14-17H2,1H3,(H,34,39)/b19-12+/t26-,27+,30-,31-/m0/s1. The predicted molar refractivity (Wildman–Crippen MR) is 165 cm³/mol. The topological polar surface area (TPSA) is 95.8 Å². The Morgan fingerprint density at radius 2 is 1.81 bits per heavy atom. The number of piperidine rings is 1. The monoisotopic (exact) mass is 620 g/mol. The molecule has 214 valence electrons. The van der Waals surface area contributed by atoms with Crippen molar-refractivity contribution < 1.29 is 14.5 Å². The lowest BCUT2D eigenvalue weighted by molar-refractivity contribution is -0.385. The van der Waals surface area contributed by atoms with E-state index in [1.165, 1.54) is 12.1 Å². The number of Topliss-reactive ketones (excluding diaryl/α,β-unsaturated/α-hetero) is 1. The van der Waals surface area contributed by atoms with E-state index in [9.17, 15) is 14.9 Å². The van der Waals surface area contributed by atoms with Gasteiger partial charge in [-0.15, -0.1) is 11.8 Å². The molecule has 0 bridgehead atoms. The number of halogens is 2. The van der Waals surface area contributed by atoms with Crippen molar-refractivity contribution in [2.75, 3.05) is 37.1 Å². The number of nitrogens with one attached hydrogen (secondary N) is 1. The molecule has 42 heavy (non-hydrogen) atoms. The van der Waals surface area contributed by atoms with Crippen molar-refractivity contribution in [3.63, 3.8) is 0 Å². The number of likely N-dealkylation sites (tertiary alicyclic amines) is 1. The number of carbonyl (C=O) groups is 2. The van der Waals surface area contributed by atoms with E-state index in [2.05, 4.69) is 15.1 Å². The number of thioether (sulfide) groups is 1. The Morgan fingerprint density at radius 3 is 2.55 bits per heavy atom. The van der Waals surface area contributed by atoms with Crippen LogP contribution in [0, 0.1) is 15.5 Å². The number of amides is 1. The van der Waals surface area contributed by atoms with E-state index in [-0.39, 0.29) is 30.0 Å². The summed E-state index contributed by atoms with van der Waals surface area (Å²) in [7, 11) is 1.94. The van der Waals surface area contributed by atoms with Crippen LogP contribution < -0.4 is 5.32 Å². The summed E-state index contributed by atoms with van der Waals surface area (Å²) >= 11 is 15.1. The number of nitro groups is 1. The van der Waals surface area contributed by atoms with Crippen LogP contribution in [-0.4, -0.2) is 64.2 Å². The third kappa shape index (κ3) is 3.64. The van der Waals surface area contributed by atoms with Gasteiger partial charge in [-0.1, -0.05) is 59.6 Å². The average molecular weight is 622 g/mol. The van der Waals surface area contributed by atoms with Crippen molar-refractivity contribution in [2.24, 2.45) is 5.41 Å². The molecule has 4 heterocycles. The lowest BCUT2D eigenvalue weighted by Crippen LogP contribution is -2.65. The maximum atomic E-state index is 15.3. The molecule has 4 aliphatic heterocycles. The number of nitro benzene ring substituents is 1. The maximum Gasteiger partial charge on any atom is 0.269 e. The average Bonchev–Trinajstić information content (AvgIpc) is 3.61. The summed E-state index contributed by atoms with van der Waals surface area (Å²) in [5.74, 6) is 0.184. The highest BCUT2D eigenvalue weighted by Crippen LogP contribution is 2.69. The molecule has 11 heteroatoms. The summed E-state index contributed by atoms with van der Waals surface area (Å²) in [4.78, 5) is 45.7. The first-order valence-corrected chi connectivity index (χ1v) is 15.5. The molecule has 1 N–H and O–H groups in total. The van der Waals surface area contributed by atoms with Crippen LogP contribution in [0.3, 0.4) is 0 Å². The fourth-order valence-corrected chi connectivity index (χ4v) is 9.56. The van der Waals surface area contributed by atoms with Crippen LogP contribution in [-0.2, 0) is 15.1 Å². The predicted octanol–water partition coefficient (Wildman–Crippen LogP) is 5.81. The Morgan fingerprint density at radius 1 is 1.07 bits per heavy atom. The van der Waals surface area contributed by atoms with Crippen molar-refractivity contribution in [1.82, 2.24) is 9.80 Å². The van der Waals surface area contributed by atoms with E-state index in [0.717, 1.165) is 5.56 Å².